The van der Waals surface area contributed by atoms with Crippen LogP contribution in [0.15, 0.2) is 46.9 Å². The van der Waals surface area contributed by atoms with E-state index in [2.05, 4.69) is 22.0 Å². The summed E-state index contributed by atoms with van der Waals surface area (Å²) in [5.74, 6) is -1.20. The van der Waals surface area contributed by atoms with Crippen molar-refractivity contribution in [3.63, 3.8) is 0 Å². The number of aromatic nitrogens is 1. The summed E-state index contributed by atoms with van der Waals surface area (Å²) in [6.45, 7) is 1.15. The average Bonchev–Trinajstić information content (AvgIpc) is 3.63. The minimum absolute atomic E-state index is 0.0353. The molecule has 2 aromatic carbocycles. The van der Waals surface area contributed by atoms with E-state index in [1.54, 1.807) is 4.90 Å². The molecular formula is C29H32FN3O5. The highest BCUT2D eigenvalue weighted by Crippen LogP contribution is 2.35. The molecule has 0 spiro atoms. The van der Waals surface area contributed by atoms with E-state index in [1.807, 2.05) is 30.3 Å². The van der Waals surface area contributed by atoms with E-state index >= 15 is 0 Å². The van der Waals surface area contributed by atoms with Crippen molar-refractivity contribution in [1.82, 2.24) is 9.88 Å². The molecule has 6 rings (SSSR count). The molecule has 2 aliphatic heterocycles. The standard InChI is InChI=1S/C29H32FN3O5/c30-21-15-22(17-37-23-8-6-20(7-9-23)28(35)36)33(16-21)27(34)14-18-5-10-24-26(13-18)38-29(31-24)32-12-11-19-3-1-2-4-25(19)32/h1-5,10,13,20-23H,6-9,11-12,14-17H2,(H,35,36)/t20?,21-,22?,23?/m0/s1. The zero-order chi connectivity index (χ0) is 26.2. The number of oxazole rings is 1. The third kappa shape index (κ3) is 4.99. The molecule has 0 bridgehead atoms. The molecule has 0 radical (unpaired) electrons. The van der Waals surface area contributed by atoms with Gasteiger partial charge < -0.3 is 19.2 Å². The van der Waals surface area contributed by atoms with Gasteiger partial charge in [-0.05, 0) is 61.4 Å². The highest BCUT2D eigenvalue weighted by Gasteiger charge is 2.36. The van der Waals surface area contributed by atoms with E-state index in [0.29, 0.717) is 37.3 Å². The summed E-state index contributed by atoms with van der Waals surface area (Å²) < 4.78 is 26.5. The van der Waals surface area contributed by atoms with E-state index in [1.165, 1.54) is 5.56 Å². The van der Waals surface area contributed by atoms with Crippen LogP contribution >= 0.6 is 0 Å². The van der Waals surface area contributed by atoms with Gasteiger partial charge in [-0.25, -0.2) is 4.39 Å². The first-order valence-corrected chi connectivity index (χ1v) is 13.5. The minimum Gasteiger partial charge on any atom is -0.481 e. The molecule has 1 unspecified atom stereocenters. The number of carboxylic acid groups (broad SMARTS) is 1. The number of rotatable bonds is 7. The summed E-state index contributed by atoms with van der Waals surface area (Å²) in [5.41, 5.74) is 4.52. The smallest absolute Gasteiger partial charge is 0.306 e. The van der Waals surface area contributed by atoms with Gasteiger partial charge in [-0.1, -0.05) is 24.3 Å². The number of amides is 1. The largest absolute Gasteiger partial charge is 0.481 e. The van der Waals surface area contributed by atoms with E-state index in [0.717, 1.165) is 29.7 Å². The van der Waals surface area contributed by atoms with E-state index in [9.17, 15) is 19.1 Å². The fourth-order valence-electron chi connectivity index (χ4n) is 6.04. The van der Waals surface area contributed by atoms with Crippen molar-refractivity contribution >= 4 is 34.7 Å². The molecule has 2 fully saturated rings. The fraction of sp³-hybridized carbons (Fsp3) is 0.483. The van der Waals surface area contributed by atoms with E-state index in [4.69, 9.17) is 9.15 Å². The Balaban J connectivity index is 1.09. The fourth-order valence-corrected chi connectivity index (χ4v) is 6.04. The number of nitrogens with zero attached hydrogens (tertiary/aromatic N) is 3. The molecule has 200 valence electrons. The number of fused-ring (bicyclic) bond motifs is 2. The number of anilines is 2. The number of halogens is 1. The zero-order valence-corrected chi connectivity index (χ0v) is 21.2. The summed E-state index contributed by atoms with van der Waals surface area (Å²) in [6, 6.07) is 14.0. The predicted octanol–water partition coefficient (Wildman–Crippen LogP) is 4.66. The van der Waals surface area contributed by atoms with Crippen LogP contribution in [-0.2, 0) is 27.2 Å². The molecule has 1 aromatic heterocycles. The molecule has 1 saturated carbocycles. The molecule has 38 heavy (non-hydrogen) atoms. The Hall–Kier alpha value is -3.46. The lowest BCUT2D eigenvalue weighted by atomic mass is 9.87. The Morgan fingerprint density at radius 1 is 1.13 bits per heavy atom. The van der Waals surface area contributed by atoms with Crippen molar-refractivity contribution in [3.05, 3.63) is 53.6 Å². The highest BCUT2D eigenvalue weighted by atomic mass is 19.1. The number of hydrogen-bond acceptors (Lipinski definition) is 6. The molecule has 9 heteroatoms. The highest BCUT2D eigenvalue weighted by molar-refractivity contribution is 5.82. The Morgan fingerprint density at radius 2 is 1.95 bits per heavy atom. The van der Waals surface area contributed by atoms with Crippen LogP contribution in [-0.4, -0.2) is 64.9 Å². The quantitative estimate of drug-likeness (QED) is 0.483. The lowest BCUT2D eigenvalue weighted by Gasteiger charge is -2.29. The second kappa shape index (κ2) is 10.4. The molecule has 3 heterocycles. The van der Waals surface area contributed by atoms with Crippen molar-refractivity contribution in [3.8, 4) is 0 Å². The van der Waals surface area contributed by atoms with Gasteiger partial charge in [0, 0.05) is 18.7 Å². The number of benzene rings is 2. The summed E-state index contributed by atoms with van der Waals surface area (Å²) in [4.78, 5) is 32.7. The number of likely N-dealkylation sites (tertiary alicyclic amines) is 1. The van der Waals surface area contributed by atoms with Crippen molar-refractivity contribution in [2.45, 2.75) is 63.3 Å². The van der Waals surface area contributed by atoms with Crippen LogP contribution < -0.4 is 4.90 Å². The van der Waals surface area contributed by atoms with Crippen molar-refractivity contribution in [2.24, 2.45) is 5.92 Å². The normalized spacial score (nSPS) is 25.2. The molecule has 1 aliphatic carbocycles. The van der Waals surface area contributed by atoms with Gasteiger partial charge in [0.2, 0.25) is 5.91 Å². The number of carbonyl (C=O) groups excluding carboxylic acids is 1. The SMILES string of the molecule is O=C(O)C1CCC(OCC2C[C@H](F)CN2C(=O)Cc2ccc3nc(N4CCc5ccccc54)oc3c2)CC1. The van der Waals surface area contributed by atoms with Crippen LogP contribution in [0.4, 0.5) is 16.1 Å². The number of carbonyl (C=O) groups is 2. The Labute approximate surface area is 220 Å². The van der Waals surface area contributed by atoms with Gasteiger partial charge in [0.25, 0.3) is 0 Å². The first kappa shape index (κ1) is 24.9. The van der Waals surface area contributed by atoms with Crippen LogP contribution in [0.3, 0.4) is 0 Å². The molecular weight excluding hydrogens is 489 g/mol. The lowest BCUT2D eigenvalue weighted by Crippen LogP contribution is -2.40. The number of ether oxygens (including phenoxy) is 1. The second-order valence-electron chi connectivity index (χ2n) is 10.7. The minimum atomic E-state index is -1.07. The van der Waals surface area contributed by atoms with Gasteiger partial charge in [0.05, 0.1) is 37.6 Å². The zero-order valence-electron chi connectivity index (χ0n) is 21.2. The first-order valence-electron chi connectivity index (χ1n) is 13.5. The van der Waals surface area contributed by atoms with Crippen LogP contribution in [0.25, 0.3) is 11.1 Å². The number of hydrogen-bond donors (Lipinski definition) is 1. The van der Waals surface area contributed by atoms with Gasteiger partial charge in [0.1, 0.15) is 11.7 Å². The van der Waals surface area contributed by atoms with Crippen molar-refractivity contribution < 1.29 is 28.2 Å². The first-order chi connectivity index (χ1) is 18.4. The maximum absolute atomic E-state index is 14.4. The molecule has 1 saturated heterocycles. The van der Waals surface area contributed by atoms with Gasteiger partial charge in [0.15, 0.2) is 5.58 Å². The Kier molecular flexibility index (Phi) is 6.78. The average molecular weight is 522 g/mol. The van der Waals surface area contributed by atoms with Crippen LogP contribution in [0.5, 0.6) is 0 Å². The summed E-state index contributed by atoms with van der Waals surface area (Å²) in [7, 11) is 0. The maximum Gasteiger partial charge on any atom is 0.306 e. The van der Waals surface area contributed by atoms with Crippen molar-refractivity contribution in [1.29, 1.82) is 0 Å². The summed E-state index contributed by atoms with van der Waals surface area (Å²) >= 11 is 0. The van der Waals surface area contributed by atoms with Gasteiger partial charge in [-0.3, -0.25) is 14.5 Å². The summed E-state index contributed by atoms with van der Waals surface area (Å²) in [5, 5.41) is 9.18. The monoisotopic (exact) mass is 521 g/mol. The maximum atomic E-state index is 14.4. The predicted molar refractivity (Wildman–Crippen MR) is 139 cm³/mol. The van der Waals surface area contributed by atoms with Gasteiger partial charge in [-0.15, -0.1) is 0 Å². The number of para-hydroxylation sites is 1. The van der Waals surface area contributed by atoms with Crippen LogP contribution in [0.2, 0.25) is 0 Å². The van der Waals surface area contributed by atoms with Crippen LogP contribution in [0.1, 0.15) is 43.2 Å². The number of alkyl halides is 1. The van der Waals surface area contributed by atoms with Crippen molar-refractivity contribution in [2.75, 3.05) is 24.6 Å². The van der Waals surface area contributed by atoms with E-state index < -0.39 is 12.1 Å². The molecule has 3 aliphatic rings. The molecule has 3 aromatic rings. The Bertz CT molecular complexity index is 1330. The van der Waals surface area contributed by atoms with Crippen LogP contribution in [0, 0.1) is 5.92 Å². The summed E-state index contributed by atoms with van der Waals surface area (Å²) in [6.07, 6.45) is 2.78. The Morgan fingerprint density at radius 3 is 2.76 bits per heavy atom. The number of aliphatic carboxylic acids is 1. The topological polar surface area (TPSA) is 96.1 Å². The van der Waals surface area contributed by atoms with E-state index in [-0.39, 0.29) is 50.0 Å². The molecule has 1 amide bonds. The third-order valence-corrected chi connectivity index (χ3v) is 8.15. The van der Waals surface area contributed by atoms with Gasteiger partial charge >= 0.3 is 12.0 Å². The van der Waals surface area contributed by atoms with Gasteiger partial charge in [-0.2, -0.15) is 4.98 Å². The lowest BCUT2D eigenvalue weighted by molar-refractivity contribution is -0.144. The second-order valence-corrected chi connectivity index (χ2v) is 10.7. The molecule has 2 atom stereocenters. The third-order valence-electron chi connectivity index (χ3n) is 8.15. The molecule has 8 nitrogen and oxygen atoms in total. The molecule has 1 N–H and O–H groups in total. The number of carboxylic acids is 1.